The van der Waals surface area contributed by atoms with E-state index < -0.39 is 5.97 Å². The van der Waals surface area contributed by atoms with Gasteiger partial charge in [0.05, 0.1) is 12.2 Å². The quantitative estimate of drug-likeness (QED) is 0.703. The topological polar surface area (TPSA) is 96.0 Å². The van der Waals surface area contributed by atoms with E-state index in [2.05, 4.69) is 5.32 Å². The molecule has 0 saturated carbocycles. The summed E-state index contributed by atoms with van der Waals surface area (Å²) in [5.41, 5.74) is 2.30. The first-order chi connectivity index (χ1) is 15.5. The van der Waals surface area contributed by atoms with E-state index in [-0.39, 0.29) is 30.3 Å². The van der Waals surface area contributed by atoms with Crippen LogP contribution in [0.25, 0.3) is 0 Å². The van der Waals surface area contributed by atoms with Gasteiger partial charge in [0, 0.05) is 24.3 Å². The third-order valence-corrected chi connectivity index (χ3v) is 5.74. The van der Waals surface area contributed by atoms with E-state index in [1.54, 1.807) is 65.3 Å². The van der Waals surface area contributed by atoms with E-state index in [9.17, 15) is 19.2 Å². The van der Waals surface area contributed by atoms with Crippen molar-refractivity contribution in [2.24, 2.45) is 0 Å². The lowest BCUT2D eigenvalue weighted by atomic mass is 10.1. The Bertz CT molecular complexity index is 1030. The zero-order valence-corrected chi connectivity index (χ0v) is 17.9. The van der Waals surface area contributed by atoms with Crippen LogP contribution in [-0.4, -0.2) is 59.2 Å². The first kappa shape index (κ1) is 21.5. The number of rotatable bonds is 6. The largest absolute Gasteiger partial charge is 0.462 e. The van der Waals surface area contributed by atoms with E-state index in [0.29, 0.717) is 36.5 Å². The van der Waals surface area contributed by atoms with Gasteiger partial charge in [-0.1, -0.05) is 12.1 Å². The van der Waals surface area contributed by atoms with Crippen molar-refractivity contribution in [3.8, 4) is 0 Å². The summed E-state index contributed by atoms with van der Waals surface area (Å²) in [6.45, 7) is 3.14. The lowest BCUT2D eigenvalue weighted by Crippen LogP contribution is -2.56. The fourth-order valence-electron chi connectivity index (χ4n) is 4.09. The summed E-state index contributed by atoms with van der Waals surface area (Å²) in [6, 6.07) is 13.1. The Morgan fingerprint density at radius 3 is 2.41 bits per heavy atom. The summed E-state index contributed by atoms with van der Waals surface area (Å²) in [5, 5.41) is 2.79. The maximum Gasteiger partial charge on any atom is 0.338 e. The van der Waals surface area contributed by atoms with E-state index in [4.69, 9.17) is 4.74 Å². The van der Waals surface area contributed by atoms with Crippen molar-refractivity contribution in [2.75, 3.05) is 25.0 Å². The van der Waals surface area contributed by atoms with Crippen LogP contribution in [0.15, 0.2) is 48.5 Å². The first-order valence-corrected chi connectivity index (χ1v) is 10.7. The average Bonchev–Trinajstić information content (AvgIpc) is 3.29. The molecule has 2 aliphatic rings. The Morgan fingerprint density at radius 1 is 1.03 bits per heavy atom. The van der Waals surface area contributed by atoms with E-state index in [1.807, 2.05) is 0 Å². The smallest absolute Gasteiger partial charge is 0.338 e. The zero-order valence-electron chi connectivity index (χ0n) is 17.9. The molecule has 166 valence electrons. The van der Waals surface area contributed by atoms with Crippen LogP contribution in [0, 0.1) is 0 Å². The number of carbonyl (C=O) groups is 4. The van der Waals surface area contributed by atoms with Crippen molar-refractivity contribution in [2.45, 2.75) is 32.4 Å². The number of hydrogen-bond acceptors (Lipinski definition) is 5. The number of piperazine rings is 1. The lowest BCUT2D eigenvalue weighted by molar-refractivity contribution is -0.154. The standard InChI is InChI=1S/C24H25N3O5/c1-2-32-24(31)18-9-11-19(12-10-18)25-22(29)17-7-5-16(6-8-17)14-26-15-21(28)27-13-3-4-20(27)23(26)30/h5-12,20H,2-4,13-15H2,1H3,(H,25,29). The second kappa shape index (κ2) is 9.21. The molecule has 2 aliphatic heterocycles. The van der Waals surface area contributed by atoms with Crippen molar-refractivity contribution < 1.29 is 23.9 Å². The molecule has 8 nitrogen and oxygen atoms in total. The molecule has 0 spiro atoms. The Morgan fingerprint density at radius 2 is 1.72 bits per heavy atom. The number of benzene rings is 2. The van der Waals surface area contributed by atoms with E-state index in [0.717, 1.165) is 18.4 Å². The number of fused-ring (bicyclic) bond motifs is 1. The SMILES string of the molecule is CCOC(=O)c1ccc(NC(=O)c2ccc(CN3CC(=O)N4CCCC4C3=O)cc2)cc1. The first-order valence-electron chi connectivity index (χ1n) is 10.7. The van der Waals surface area contributed by atoms with Crippen LogP contribution in [0.1, 0.15) is 46.0 Å². The van der Waals surface area contributed by atoms with E-state index in [1.165, 1.54) is 0 Å². The highest BCUT2D eigenvalue weighted by Gasteiger charge is 2.41. The van der Waals surface area contributed by atoms with Crippen LogP contribution in [-0.2, 0) is 20.9 Å². The minimum absolute atomic E-state index is 0.00271. The predicted octanol–water partition coefficient (Wildman–Crippen LogP) is 2.45. The van der Waals surface area contributed by atoms with Gasteiger partial charge in [-0.05, 0) is 61.7 Å². The minimum Gasteiger partial charge on any atom is -0.462 e. The van der Waals surface area contributed by atoms with Gasteiger partial charge in [-0.15, -0.1) is 0 Å². The van der Waals surface area contributed by atoms with Gasteiger partial charge < -0.3 is 19.9 Å². The minimum atomic E-state index is -0.407. The number of esters is 1. The van der Waals surface area contributed by atoms with Crippen molar-refractivity contribution in [1.29, 1.82) is 0 Å². The van der Waals surface area contributed by atoms with Crippen molar-refractivity contribution in [3.05, 3.63) is 65.2 Å². The van der Waals surface area contributed by atoms with E-state index >= 15 is 0 Å². The van der Waals surface area contributed by atoms with Crippen LogP contribution in [0.3, 0.4) is 0 Å². The average molecular weight is 435 g/mol. The van der Waals surface area contributed by atoms with Crippen LogP contribution in [0.4, 0.5) is 5.69 Å². The molecule has 3 amide bonds. The number of amides is 3. The van der Waals surface area contributed by atoms with Crippen LogP contribution in [0.5, 0.6) is 0 Å². The van der Waals surface area contributed by atoms with Crippen molar-refractivity contribution >= 4 is 29.4 Å². The van der Waals surface area contributed by atoms with Gasteiger partial charge in [-0.2, -0.15) is 0 Å². The third kappa shape index (κ3) is 4.49. The molecule has 2 saturated heterocycles. The van der Waals surface area contributed by atoms with Gasteiger partial charge in [0.15, 0.2) is 0 Å². The van der Waals surface area contributed by atoms with Crippen molar-refractivity contribution in [1.82, 2.24) is 9.80 Å². The Labute approximate surface area is 186 Å². The Kier molecular flexibility index (Phi) is 6.20. The molecule has 2 fully saturated rings. The molecule has 0 aliphatic carbocycles. The fraction of sp³-hybridized carbons (Fsp3) is 0.333. The number of anilines is 1. The van der Waals surface area contributed by atoms with Crippen molar-refractivity contribution in [3.63, 3.8) is 0 Å². The van der Waals surface area contributed by atoms with Crippen LogP contribution < -0.4 is 5.32 Å². The summed E-state index contributed by atoms with van der Waals surface area (Å²) >= 11 is 0. The van der Waals surface area contributed by atoms with Crippen LogP contribution in [0.2, 0.25) is 0 Å². The normalized spacial score (nSPS) is 17.8. The molecule has 4 rings (SSSR count). The van der Waals surface area contributed by atoms with Gasteiger partial charge in [-0.3, -0.25) is 14.4 Å². The Hall–Kier alpha value is -3.68. The molecule has 32 heavy (non-hydrogen) atoms. The molecule has 1 N–H and O–H groups in total. The second-order valence-corrected chi connectivity index (χ2v) is 7.89. The lowest BCUT2D eigenvalue weighted by Gasteiger charge is -2.36. The molecule has 2 heterocycles. The zero-order chi connectivity index (χ0) is 22.7. The molecule has 0 aromatic heterocycles. The fourth-order valence-corrected chi connectivity index (χ4v) is 4.09. The third-order valence-electron chi connectivity index (χ3n) is 5.74. The van der Waals surface area contributed by atoms with Gasteiger partial charge in [-0.25, -0.2) is 4.79 Å². The molecular formula is C24H25N3O5. The van der Waals surface area contributed by atoms with Crippen LogP contribution >= 0.6 is 0 Å². The number of nitrogens with zero attached hydrogens (tertiary/aromatic N) is 2. The number of hydrogen-bond donors (Lipinski definition) is 1. The van der Waals surface area contributed by atoms with Gasteiger partial charge in [0.2, 0.25) is 11.8 Å². The number of ether oxygens (including phenoxy) is 1. The van der Waals surface area contributed by atoms with Gasteiger partial charge in [0.1, 0.15) is 12.6 Å². The number of nitrogens with one attached hydrogen (secondary N) is 1. The molecule has 1 atom stereocenters. The molecule has 0 radical (unpaired) electrons. The highest BCUT2D eigenvalue weighted by atomic mass is 16.5. The highest BCUT2D eigenvalue weighted by molar-refractivity contribution is 6.04. The summed E-state index contributed by atoms with van der Waals surface area (Å²) in [7, 11) is 0. The van der Waals surface area contributed by atoms with Gasteiger partial charge >= 0.3 is 5.97 Å². The Balaban J connectivity index is 1.36. The summed E-state index contributed by atoms with van der Waals surface area (Å²) in [6.07, 6.45) is 1.59. The summed E-state index contributed by atoms with van der Waals surface area (Å²) < 4.78 is 4.95. The highest BCUT2D eigenvalue weighted by Crippen LogP contribution is 2.24. The second-order valence-electron chi connectivity index (χ2n) is 7.89. The molecule has 2 aromatic carbocycles. The molecule has 0 bridgehead atoms. The number of carbonyl (C=O) groups excluding carboxylic acids is 4. The molecule has 8 heteroatoms. The molecule has 2 aromatic rings. The molecular weight excluding hydrogens is 410 g/mol. The maximum absolute atomic E-state index is 12.7. The maximum atomic E-state index is 12.7. The monoisotopic (exact) mass is 435 g/mol. The predicted molar refractivity (Wildman–Crippen MR) is 117 cm³/mol. The molecule has 1 unspecified atom stereocenters. The summed E-state index contributed by atoms with van der Waals surface area (Å²) in [5.74, 6) is -0.700. The van der Waals surface area contributed by atoms with Gasteiger partial charge in [0.25, 0.3) is 5.91 Å². The summed E-state index contributed by atoms with van der Waals surface area (Å²) in [4.78, 5) is 52.5.